The van der Waals surface area contributed by atoms with Gasteiger partial charge in [0.05, 0.1) is 12.0 Å². The van der Waals surface area contributed by atoms with Gasteiger partial charge < -0.3 is 15.2 Å². The quantitative estimate of drug-likeness (QED) is 0.120. The zero-order chi connectivity index (χ0) is 29.3. The average molecular weight is 549 g/mol. The maximum atomic E-state index is 12.4. The van der Waals surface area contributed by atoms with Crippen LogP contribution in [0.5, 0.6) is 0 Å². The molecule has 1 atom stereocenters. The predicted molar refractivity (Wildman–Crippen MR) is 156 cm³/mol. The van der Waals surface area contributed by atoms with Crippen LogP contribution in [0.15, 0.2) is 97.4 Å². The number of carbonyl (C=O) groups is 4. The Morgan fingerprint density at radius 1 is 0.850 bits per heavy atom. The fourth-order valence-corrected chi connectivity index (χ4v) is 3.18. The topological polar surface area (TPSA) is 123 Å². The summed E-state index contributed by atoms with van der Waals surface area (Å²) in [6.45, 7) is 2.13. The summed E-state index contributed by atoms with van der Waals surface area (Å²) in [6.07, 6.45) is 31.9. The third kappa shape index (κ3) is 18.0. The number of allylic oxidation sites excluding steroid dienone is 11. The van der Waals surface area contributed by atoms with Crippen LogP contribution in [0.25, 0.3) is 0 Å². The molecular weight excluding hydrogens is 508 g/mol. The highest BCUT2D eigenvalue weighted by molar-refractivity contribution is 5.98. The van der Waals surface area contributed by atoms with Crippen molar-refractivity contribution in [2.75, 3.05) is 0 Å². The fourth-order valence-electron chi connectivity index (χ4n) is 3.18. The van der Waals surface area contributed by atoms with E-state index in [0.717, 1.165) is 32.1 Å². The van der Waals surface area contributed by atoms with Crippen LogP contribution in [0.1, 0.15) is 75.1 Å². The first-order valence-electron chi connectivity index (χ1n) is 13.5. The number of carboxylic acid groups (broad SMARTS) is 1. The number of esters is 2. The molecule has 40 heavy (non-hydrogen) atoms. The average Bonchev–Trinajstić information content (AvgIpc) is 2.94. The number of nitrogens with zero attached hydrogens (tertiary/aromatic N) is 1. The lowest BCUT2D eigenvalue weighted by Crippen LogP contribution is -2.42. The van der Waals surface area contributed by atoms with Crippen LogP contribution in [-0.4, -0.2) is 39.9 Å². The van der Waals surface area contributed by atoms with E-state index in [9.17, 15) is 19.2 Å². The first-order valence-corrected chi connectivity index (χ1v) is 13.5. The minimum Gasteiger partial charge on any atom is -0.481 e. The number of ether oxygens (including phenoxy) is 1. The Balaban J connectivity index is 2.30. The van der Waals surface area contributed by atoms with Crippen molar-refractivity contribution in [3.8, 4) is 0 Å². The number of carbonyl (C=O) groups excluding carboxylic acids is 3. The Bertz CT molecular complexity index is 1080. The molecule has 0 radical (unpaired) electrons. The molecule has 0 fully saturated rings. The molecule has 0 aromatic carbocycles. The maximum absolute atomic E-state index is 12.4. The third-order valence-corrected chi connectivity index (χ3v) is 5.26. The number of aliphatic carboxylic acids is 1. The van der Waals surface area contributed by atoms with Gasteiger partial charge in [0.25, 0.3) is 5.91 Å². The number of amides is 1. The molecule has 214 valence electrons. The Morgan fingerprint density at radius 2 is 1.38 bits per heavy atom. The largest absolute Gasteiger partial charge is 0.481 e. The maximum Gasteiger partial charge on any atom is 0.336 e. The van der Waals surface area contributed by atoms with Crippen molar-refractivity contribution in [3.05, 3.63) is 103 Å². The summed E-state index contributed by atoms with van der Waals surface area (Å²) < 4.78 is 4.82. The van der Waals surface area contributed by atoms with Gasteiger partial charge in [0, 0.05) is 18.8 Å². The molecular formula is C32H40N2O6. The second-order valence-corrected chi connectivity index (χ2v) is 8.61. The molecule has 0 bridgehead atoms. The minimum absolute atomic E-state index is 0.126. The van der Waals surface area contributed by atoms with Crippen molar-refractivity contribution in [1.29, 1.82) is 0 Å². The molecule has 1 amide bonds. The van der Waals surface area contributed by atoms with Crippen molar-refractivity contribution < 1.29 is 29.0 Å². The van der Waals surface area contributed by atoms with E-state index in [0.29, 0.717) is 6.42 Å². The molecule has 0 aliphatic heterocycles. The van der Waals surface area contributed by atoms with Crippen molar-refractivity contribution >= 4 is 23.8 Å². The van der Waals surface area contributed by atoms with Gasteiger partial charge in [-0.05, 0) is 57.1 Å². The molecule has 0 aliphatic carbocycles. The van der Waals surface area contributed by atoms with Gasteiger partial charge in [0.15, 0.2) is 0 Å². The van der Waals surface area contributed by atoms with Crippen LogP contribution in [0.4, 0.5) is 0 Å². The van der Waals surface area contributed by atoms with Gasteiger partial charge in [-0.2, -0.15) is 0 Å². The Morgan fingerprint density at radius 3 is 1.85 bits per heavy atom. The molecule has 0 aliphatic rings. The van der Waals surface area contributed by atoms with Crippen molar-refractivity contribution in [3.63, 3.8) is 0 Å². The van der Waals surface area contributed by atoms with Gasteiger partial charge in [-0.3, -0.25) is 19.4 Å². The standard InChI is InChI=1S/C32H40N2O6/c1-2-3-4-5-6-7-8-9-10-11-12-13-14-15-16-17-18-19-22-30(37)40-32(39)28(23-24-29(35)36)34-31(38)27-21-20-25-33-26-27/h3-4,6-7,9-10,12-13,15-16,18-21,25-26,28H,2,5,8,11,14,17,22-24H2,1H3,(H,34,38)(H,35,36). The number of rotatable bonds is 19. The number of aromatic nitrogens is 1. The lowest BCUT2D eigenvalue weighted by Gasteiger charge is -2.16. The highest BCUT2D eigenvalue weighted by atomic mass is 16.6. The highest BCUT2D eigenvalue weighted by Crippen LogP contribution is 2.05. The summed E-state index contributed by atoms with van der Waals surface area (Å²) in [5.41, 5.74) is 0.194. The lowest BCUT2D eigenvalue weighted by molar-refractivity contribution is -0.160. The summed E-state index contributed by atoms with van der Waals surface area (Å²) in [6, 6.07) is 1.77. The van der Waals surface area contributed by atoms with Crippen LogP contribution in [0.3, 0.4) is 0 Å². The first kappa shape index (κ1) is 33.7. The molecule has 1 aromatic rings. The Hall–Kier alpha value is -4.33. The van der Waals surface area contributed by atoms with Gasteiger partial charge in [-0.15, -0.1) is 0 Å². The predicted octanol–water partition coefficient (Wildman–Crippen LogP) is 6.20. The van der Waals surface area contributed by atoms with Gasteiger partial charge in [0.1, 0.15) is 6.04 Å². The lowest BCUT2D eigenvalue weighted by atomic mass is 10.1. The molecule has 8 heteroatoms. The summed E-state index contributed by atoms with van der Waals surface area (Å²) >= 11 is 0. The van der Waals surface area contributed by atoms with Gasteiger partial charge in [0.2, 0.25) is 0 Å². The summed E-state index contributed by atoms with van der Waals surface area (Å²) in [5.74, 6) is -3.56. The van der Waals surface area contributed by atoms with Crippen LogP contribution in [-0.2, 0) is 19.1 Å². The van der Waals surface area contributed by atoms with Gasteiger partial charge in [-0.25, -0.2) is 4.79 Å². The van der Waals surface area contributed by atoms with Crippen LogP contribution < -0.4 is 5.32 Å². The zero-order valence-electron chi connectivity index (χ0n) is 23.1. The smallest absolute Gasteiger partial charge is 0.336 e. The molecule has 0 saturated carbocycles. The number of hydrogen-bond acceptors (Lipinski definition) is 6. The molecule has 2 N–H and O–H groups in total. The normalized spacial score (nSPS) is 12.8. The fraction of sp³-hybridized carbons (Fsp3) is 0.344. The molecule has 8 nitrogen and oxygen atoms in total. The molecule has 0 spiro atoms. The summed E-state index contributed by atoms with van der Waals surface area (Å²) in [5, 5.41) is 11.3. The summed E-state index contributed by atoms with van der Waals surface area (Å²) in [7, 11) is 0. The Labute approximate surface area is 236 Å². The van der Waals surface area contributed by atoms with E-state index in [-0.39, 0.29) is 24.8 Å². The third-order valence-electron chi connectivity index (χ3n) is 5.26. The van der Waals surface area contributed by atoms with E-state index in [2.05, 4.69) is 65.8 Å². The molecule has 1 heterocycles. The van der Waals surface area contributed by atoms with Crippen LogP contribution in [0, 0.1) is 0 Å². The monoisotopic (exact) mass is 548 g/mol. The number of pyridine rings is 1. The van der Waals surface area contributed by atoms with E-state index >= 15 is 0 Å². The zero-order valence-corrected chi connectivity index (χ0v) is 23.1. The van der Waals surface area contributed by atoms with Gasteiger partial charge >= 0.3 is 17.9 Å². The first-order chi connectivity index (χ1) is 19.4. The van der Waals surface area contributed by atoms with Gasteiger partial charge in [-0.1, -0.05) is 79.8 Å². The molecule has 1 unspecified atom stereocenters. The SMILES string of the molecule is CCC=CCC=CCC=CCC=CCC=CCC=CCC(=O)OC(=O)C(CCC(=O)O)NC(=O)c1cccnc1. The number of hydrogen-bond donors (Lipinski definition) is 2. The number of nitrogens with one attached hydrogen (secondary N) is 1. The minimum atomic E-state index is -1.28. The second-order valence-electron chi connectivity index (χ2n) is 8.61. The van der Waals surface area contributed by atoms with E-state index in [1.807, 2.05) is 12.2 Å². The van der Waals surface area contributed by atoms with E-state index in [1.54, 1.807) is 18.2 Å². The van der Waals surface area contributed by atoms with Crippen LogP contribution >= 0.6 is 0 Å². The summed E-state index contributed by atoms with van der Waals surface area (Å²) in [4.78, 5) is 51.5. The van der Waals surface area contributed by atoms with Crippen molar-refractivity contribution in [1.82, 2.24) is 10.3 Å². The second kappa shape index (κ2) is 22.6. The molecule has 1 aromatic heterocycles. The van der Waals surface area contributed by atoms with E-state index < -0.39 is 29.9 Å². The molecule has 1 rings (SSSR count). The Kier molecular flexibility index (Phi) is 19.1. The van der Waals surface area contributed by atoms with E-state index in [1.165, 1.54) is 18.5 Å². The van der Waals surface area contributed by atoms with E-state index in [4.69, 9.17) is 9.84 Å². The van der Waals surface area contributed by atoms with Crippen molar-refractivity contribution in [2.45, 2.75) is 70.8 Å². The van der Waals surface area contributed by atoms with Crippen molar-refractivity contribution in [2.24, 2.45) is 0 Å². The molecule has 0 saturated heterocycles. The number of carboxylic acids is 1. The van der Waals surface area contributed by atoms with Crippen LogP contribution in [0.2, 0.25) is 0 Å². The highest BCUT2D eigenvalue weighted by Gasteiger charge is 2.25.